The van der Waals surface area contributed by atoms with Crippen molar-refractivity contribution in [2.75, 3.05) is 17.3 Å². The lowest BCUT2D eigenvalue weighted by Crippen LogP contribution is -2.24. The standard InChI is InChI=1S/C28H25FN8O/c1-3-22-32-33-28-35(2)27-24(38-27)23-25(30-19-8-5-4-6-9-19)36(34-26(23)37(22)28)16-17-12-14-18(15-13-17)20-10-7-11-21(29)31-20/h4-15,24,27,30H,3,16H2,1-2H3. The molecule has 0 saturated carbocycles. The lowest BCUT2D eigenvalue weighted by atomic mass is 10.1. The molecule has 1 fully saturated rings. The van der Waals surface area contributed by atoms with E-state index in [1.807, 2.05) is 75.8 Å². The zero-order valence-corrected chi connectivity index (χ0v) is 20.9. The van der Waals surface area contributed by atoms with Crippen molar-refractivity contribution in [1.29, 1.82) is 0 Å². The summed E-state index contributed by atoms with van der Waals surface area (Å²) in [5.74, 6) is 2.71. The summed E-state index contributed by atoms with van der Waals surface area (Å²) < 4.78 is 23.8. The fourth-order valence-corrected chi connectivity index (χ4v) is 5.02. The first-order valence-electron chi connectivity index (χ1n) is 12.6. The molecule has 1 N–H and O–H groups in total. The van der Waals surface area contributed by atoms with Crippen molar-refractivity contribution < 1.29 is 9.13 Å². The van der Waals surface area contributed by atoms with Crippen molar-refractivity contribution in [3.05, 3.63) is 95.7 Å². The number of halogens is 1. The monoisotopic (exact) mass is 508 g/mol. The summed E-state index contributed by atoms with van der Waals surface area (Å²) in [6, 6.07) is 22.8. The maximum absolute atomic E-state index is 13.6. The van der Waals surface area contributed by atoms with Crippen LogP contribution in [0.25, 0.3) is 17.1 Å². The molecule has 0 aliphatic carbocycles. The van der Waals surface area contributed by atoms with Gasteiger partial charge in [-0.15, -0.1) is 10.2 Å². The molecule has 7 rings (SSSR count). The van der Waals surface area contributed by atoms with Gasteiger partial charge in [0.1, 0.15) is 17.7 Å². The Balaban J connectivity index is 1.32. The first kappa shape index (κ1) is 22.6. The van der Waals surface area contributed by atoms with Crippen molar-refractivity contribution in [2.45, 2.75) is 32.2 Å². The number of aromatic nitrogens is 6. The molecule has 190 valence electrons. The van der Waals surface area contributed by atoms with Gasteiger partial charge < -0.3 is 15.0 Å². The number of hydrogen-bond donors (Lipinski definition) is 1. The predicted molar refractivity (Wildman–Crippen MR) is 141 cm³/mol. The molecule has 3 aromatic heterocycles. The van der Waals surface area contributed by atoms with E-state index >= 15 is 0 Å². The largest absolute Gasteiger partial charge is 0.342 e. The number of benzene rings is 2. The van der Waals surface area contributed by atoms with Crippen LogP contribution in [0.15, 0.2) is 72.8 Å². The van der Waals surface area contributed by atoms with Crippen molar-refractivity contribution in [1.82, 2.24) is 29.5 Å². The van der Waals surface area contributed by atoms with Crippen LogP contribution >= 0.6 is 0 Å². The van der Waals surface area contributed by atoms with Gasteiger partial charge in [-0.05, 0) is 29.8 Å². The Bertz CT molecular complexity index is 1630. The third-order valence-electron chi connectivity index (χ3n) is 6.99. The van der Waals surface area contributed by atoms with E-state index in [4.69, 9.17) is 9.84 Å². The molecule has 2 unspecified atom stereocenters. The van der Waals surface area contributed by atoms with Gasteiger partial charge in [-0.25, -0.2) is 14.2 Å². The Morgan fingerprint density at radius 2 is 1.79 bits per heavy atom. The number of hydrogen-bond acceptors (Lipinski definition) is 7. The van der Waals surface area contributed by atoms with Crippen LogP contribution < -0.4 is 10.2 Å². The number of pyridine rings is 1. The molecule has 10 heteroatoms. The summed E-state index contributed by atoms with van der Waals surface area (Å²) in [6.45, 7) is 2.58. The van der Waals surface area contributed by atoms with Crippen LogP contribution in [0.3, 0.4) is 0 Å². The molecule has 0 radical (unpaired) electrons. The Morgan fingerprint density at radius 3 is 2.55 bits per heavy atom. The average Bonchev–Trinajstić information content (AvgIpc) is 3.51. The molecule has 2 atom stereocenters. The first-order chi connectivity index (χ1) is 18.6. The second kappa shape index (κ2) is 8.77. The van der Waals surface area contributed by atoms with E-state index in [2.05, 4.69) is 27.4 Å². The number of aryl methyl sites for hydroxylation is 1. The van der Waals surface area contributed by atoms with Gasteiger partial charge >= 0.3 is 0 Å². The summed E-state index contributed by atoms with van der Waals surface area (Å²) >= 11 is 0. The zero-order valence-electron chi connectivity index (χ0n) is 20.9. The fraction of sp³-hybridized carbons (Fsp3) is 0.214. The van der Waals surface area contributed by atoms with Gasteiger partial charge in [-0.2, -0.15) is 9.49 Å². The van der Waals surface area contributed by atoms with Crippen LogP contribution in [0.5, 0.6) is 0 Å². The van der Waals surface area contributed by atoms with Crippen LogP contribution in [0.2, 0.25) is 0 Å². The van der Waals surface area contributed by atoms with Gasteiger partial charge in [-0.3, -0.25) is 0 Å². The van der Waals surface area contributed by atoms with E-state index in [0.717, 1.165) is 52.2 Å². The van der Waals surface area contributed by atoms with Gasteiger partial charge in [-0.1, -0.05) is 55.5 Å². The molecule has 2 aromatic carbocycles. The summed E-state index contributed by atoms with van der Waals surface area (Å²) in [7, 11) is 1.98. The van der Waals surface area contributed by atoms with E-state index in [0.29, 0.717) is 12.2 Å². The number of para-hydroxylation sites is 1. The van der Waals surface area contributed by atoms with Gasteiger partial charge in [0.2, 0.25) is 11.9 Å². The van der Waals surface area contributed by atoms with Gasteiger partial charge in [0.15, 0.2) is 12.0 Å². The number of nitrogens with zero attached hydrogens (tertiary/aromatic N) is 7. The highest BCUT2D eigenvalue weighted by Gasteiger charge is 2.52. The summed E-state index contributed by atoms with van der Waals surface area (Å²) in [5, 5.41) is 17.6. The minimum absolute atomic E-state index is 0.129. The van der Waals surface area contributed by atoms with Gasteiger partial charge in [0, 0.05) is 24.7 Å². The Kier molecular flexibility index (Phi) is 5.22. The number of rotatable bonds is 6. The van der Waals surface area contributed by atoms with Crippen molar-refractivity contribution in [3.8, 4) is 17.1 Å². The smallest absolute Gasteiger partial charge is 0.235 e. The van der Waals surface area contributed by atoms with Crippen molar-refractivity contribution >= 4 is 17.5 Å². The highest BCUT2D eigenvalue weighted by molar-refractivity contribution is 5.68. The van der Waals surface area contributed by atoms with Crippen molar-refractivity contribution in [3.63, 3.8) is 0 Å². The molecule has 9 nitrogen and oxygen atoms in total. The minimum atomic E-state index is -0.493. The lowest BCUT2D eigenvalue weighted by Gasteiger charge is -2.15. The molecule has 1 saturated heterocycles. The van der Waals surface area contributed by atoms with Crippen LogP contribution in [-0.2, 0) is 17.7 Å². The Labute approximate surface area is 218 Å². The summed E-state index contributed by atoms with van der Waals surface area (Å²) in [6.07, 6.45) is 0.458. The number of likely N-dealkylation sites (N-methyl/N-ethyl adjacent to an activating group) is 1. The molecular formula is C28H25FN8O. The molecule has 0 spiro atoms. The molecule has 5 heterocycles. The highest BCUT2D eigenvalue weighted by Crippen LogP contribution is 2.50. The number of fused-ring (bicyclic) bond motifs is 5. The highest BCUT2D eigenvalue weighted by atomic mass is 19.1. The van der Waals surface area contributed by atoms with Crippen LogP contribution in [0.1, 0.15) is 30.0 Å². The molecule has 0 bridgehead atoms. The molecule has 5 aromatic rings. The molecule has 2 aliphatic heterocycles. The zero-order chi connectivity index (χ0) is 25.8. The number of anilines is 3. The first-order valence-corrected chi connectivity index (χ1v) is 12.6. The lowest BCUT2D eigenvalue weighted by molar-refractivity contribution is 0.368. The van der Waals surface area contributed by atoms with Gasteiger partial charge in [0.25, 0.3) is 0 Å². The SMILES string of the molecule is CCc1nnc2n1-c1nn(Cc3ccc(-c4cccc(F)n4)cc3)c(Nc3ccccc3)c1C1OC1N2C. The summed E-state index contributed by atoms with van der Waals surface area (Å²) in [4.78, 5) is 6.02. The van der Waals surface area contributed by atoms with Crippen LogP contribution in [0, 0.1) is 5.95 Å². The maximum Gasteiger partial charge on any atom is 0.235 e. The van der Waals surface area contributed by atoms with E-state index in [-0.39, 0.29) is 12.3 Å². The second-order valence-corrected chi connectivity index (χ2v) is 9.44. The normalized spacial score (nSPS) is 17.4. The fourth-order valence-electron chi connectivity index (χ4n) is 5.02. The predicted octanol–water partition coefficient (Wildman–Crippen LogP) is 4.87. The topological polar surface area (TPSA) is 89.2 Å². The molecule has 38 heavy (non-hydrogen) atoms. The summed E-state index contributed by atoms with van der Waals surface area (Å²) in [5.41, 5.74) is 4.44. The maximum atomic E-state index is 13.6. The third-order valence-corrected chi connectivity index (χ3v) is 6.99. The Hall–Kier alpha value is -4.57. The number of nitrogens with one attached hydrogen (secondary N) is 1. The van der Waals surface area contributed by atoms with E-state index in [1.165, 1.54) is 6.07 Å². The Morgan fingerprint density at radius 1 is 0.974 bits per heavy atom. The third kappa shape index (κ3) is 3.72. The number of epoxide rings is 1. The van der Waals surface area contributed by atoms with Crippen LogP contribution in [0.4, 0.5) is 21.8 Å². The second-order valence-electron chi connectivity index (χ2n) is 9.44. The average molecular weight is 509 g/mol. The molecule has 0 amide bonds. The number of ether oxygens (including phenoxy) is 1. The quantitative estimate of drug-likeness (QED) is 0.259. The van der Waals surface area contributed by atoms with E-state index in [9.17, 15) is 4.39 Å². The van der Waals surface area contributed by atoms with Crippen molar-refractivity contribution in [2.24, 2.45) is 0 Å². The van der Waals surface area contributed by atoms with E-state index < -0.39 is 5.95 Å². The minimum Gasteiger partial charge on any atom is -0.342 e. The van der Waals surface area contributed by atoms with E-state index in [1.54, 1.807) is 12.1 Å². The van der Waals surface area contributed by atoms with Crippen LogP contribution in [-0.4, -0.2) is 42.8 Å². The molecular weight excluding hydrogens is 483 g/mol. The van der Waals surface area contributed by atoms with Gasteiger partial charge in [0.05, 0.1) is 17.8 Å². The molecule has 2 aliphatic rings.